The fourth-order valence-corrected chi connectivity index (χ4v) is 3.68. The van der Waals surface area contributed by atoms with Gasteiger partial charge in [0.15, 0.2) is 6.54 Å². The van der Waals surface area contributed by atoms with E-state index in [1.165, 1.54) is 16.7 Å². The second-order valence-corrected chi connectivity index (χ2v) is 7.64. The van der Waals surface area contributed by atoms with E-state index in [2.05, 4.69) is 54.0 Å². The lowest BCUT2D eigenvalue weighted by Crippen LogP contribution is -2.87. The Morgan fingerprint density at radius 1 is 0.935 bits per heavy atom. The second kappa shape index (κ2) is 10.6. The number of rotatable bonds is 9. The van der Waals surface area contributed by atoms with Crippen molar-refractivity contribution in [3.63, 3.8) is 0 Å². The summed E-state index contributed by atoms with van der Waals surface area (Å²) in [7, 11) is 3.25. The lowest BCUT2D eigenvalue weighted by atomic mass is 9.98. The summed E-state index contributed by atoms with van der Waals surface area (Å²) in [5.41, 5.74) is 4.44. The molecule has 0 radical (unpaired) electrons. The Balaban J connectivity index is 1.71. The van der Waals surface area contributed by atoms with Gasteiger partial charge in [-0.1, -0.05) is 60.2 Å². The minimum absolute atomic E-state index is 0.0367. The molecule has 3 aromatic carbocycles. The zero-order chi connectivity index (χ0) is 22.2. The van der Waals surface area contributed by atoms with Crippen LogP contribution in [-0.2, 0) is 4.79 Å². The Kier molecular flexibility index (Phi) is 7.68. The van der Waals surface area contributed by atoms with Gasteiger partial charge in [0.05, 0.1) is 20.3 Å². The highest BCUT2D eigenvalue weighted by atomic mass is 16.5. The minimum Gasteiger partial charge on any atom is -0.497 e. The Morgan fingerprint density at radius 2 is 1.61 bits per heavy atom. The highest BCUT2D eigenvalue weighted by molar-refractivity contribution is 5.77. The molecule has 0 fully saturated rings. The number of carbonyl (C=O) groups is 1. The fourth-order valence-electron chi connectivity index (χ4n) is 3.68. The number of ether oxygens (including phenoxy) is 2. The van der Waals surface area contributed by atoms with Crippen LogP contribution in [0.2, 0.25) is 0 Å². The average Bonchev–Trinajstić information content (AvgIpc) is 2.80. The predicted molar refractivity (Wildman–Crippen MR) is 122 cm³/mol. The van der Waals surface area contributed by atoms with Gasteiger partial charge in [0.2, 0.25) is 0 Å². The maximum absolute atomic E-state index is 12.8. The van der Waals surface area contributed by atoms with Crippen molar-refractivity contribution in [1.29, 1.82) is 0 Å². The smallest absolute Gasteiger partial charge is 0.275 e. The Morgan fingerprint density at radius 3 is 2.26 bits per heavy atom. The number of methoxy groups -OCH3 is 2. The van der Waals surface area contributed by atoms with E-state index in [0.29, 0.717) is 6.54 Å². The molecule has 0 saturated heterocycles. The minimum atomic E-state index is -0.208. The lowest BCUT2D eigenvalue weighted by molar-refractivity contribution is -0.676. The van der Waals surface area contributed by atoms with Crippen molar-refractivity contribution in [2.75, 3.05) is 20.8 Å². The van der Waals surface area contributed by atoms with Crippen molar-refractivity contribution in [1.82, 2.24) is 5.32 Å². The summed E-state index contributed by atoms with van der Waals surface area (Å²) >= 11 is 0. The number of quaternary nitrogens is 1. The summed E-state index contributed by atoms with van der Waals surface area (Å²) in [5, 5.41) is 5.16. The van der Waals surface area contributed by atoms with Crippen molar-refractivity contribution in [3.05, 3.63) is 95.1 Å². The molecule has 0 aliphatic carbocycles. The number of hydrogen-bond donors (Lipinski definition) is 2. The molecule has 3 N–H and O–H groups in total. The third-order valence-corrected chi connectivity index (χ3v) is 5.41. The number of hydrogen-bond acceptors (Lipinski definition) is 3. The molecule has 0 saturated carbocycles. The van der Waals surface area contributed by atoms with Crippen LogP contribution in [0.25, 0.3) is 0 Å². The summed E-state index contributed by atoms with van der Waals surface area (Å²) in [6.45, 7) is 4.33. The molecule has 0 aliphatic rings. The van der Waals surface area contributed by atoms with E-state index >= 15 is 0 Å². The molecule has 5 heteroatoms. The predicted octanol–water partition coefficient (Wildman–Crippen LogP) is 3.54. The first kappa shape index (κ1) is 22.4. The molecule has 0 aromatic heterocycles. The molecular formula is C26H31N2O3+. The van der Waals surface area contributed by atoms with E-state index < -0.39 is 0 Å². The summed E-state index contributed by atoms with van der Waals surface area (Å²) < 4.78 is 10.8. The molecule has 5 nitrogen and oxygen atoms in total. The zero-order valence-corrected chi connectivity index (χ0v) is 18.6. The first-order valence-corrected chi connectivity index (χ1v) is 10.5. The highest BCUT2D eigenvalue weighted by Crippen LogP contribution is 2.29. The van der Waals surface area contributed by atoms with E-state index in [9.17, 15) is 4.79 Å². The fraction of sp³-hybridized carbons (Fsp3) is 0.269. The summed E-state index contributed by atoms with van der Waals surface area (Å²) in [6.07, 6.45) is 0. The molecule has 1 amide bonds. The highest BCUT2D eigenvalue weighted by Gasteiger charge is 2.21. The molecule has 3 rings (SSSR count). The van der Waals surface area contributed by atoms with E-state index in [1.54, 1.807) is 14.2 Å². The van der Waals surface area contributed by atoms with Gasteiger partial charge in [-0.25, -0.2) is 0 Å². The van der Waals surface area contributed by atoms with Crippen LogP contribution in [0.5, 0.6) is 11.5 Å². The van der Waals surface area contributed by atoms with Crippen LogP contribution in [0.4, 0.5) is 0 Å². The third kappa shape index (κ3) is 5.86. The van der Waals surface area contributed by atoms with Crippen molar-refractivity contribution >= 4 is 5.91 Å². The van der Waals surface area contributed by atoms with E-state index in [4.69, 9.17) is 9.47 Å². The monoisotopic (exact) mass is 419 g/mol. The summed E-state index contributed by atoms with van der Waals surface area (Å²) in [4.78, 5) is 12.8. The lowest BCUT2D eigenvalue weighted by Gasteiger charge is -2.20. The topological polar surface area (TPSA) is 64.2 Å². The molecule has 0 heterocycles. The molecule has 0 bridgehead atoms. The maximum Gasteiger partial charge on any atom is 0.275 e. The van der Waals surface area contributed by atoms with Gasteiger partial charge >= 0.3 is 0 Å². The van der Waals surface area contributed by atoms with Crippen LogP contribution in [-0.4, -0.2) is 26.7 Å². The van der Waals surface area contributed by atoms with Gasteiger partial charge < -0.3 is 20.1 Å². The molecule has 2 atom stereocenters. The van der Waals surface area contributed by atoms with Crippen LogP contribution in [0.3, 0.4) is 0 Å². The molecule has 162 valence electrons. The SMILES string of the molecule is COc1ccc(OC)c([C@H](C)NC(=O)C[NH2+][C@H](c2ccccc2)c2ccc(C)cc2)c1. The average molecular weight is 420 g/mol. The van der Waals surface area contributed by atoms with Crippen LogP contribution >= 0.6 is 0 Å². The Bertz CT molecular complexity index is 987. The number of nitrogens with two attached hydrogens (primary N) is 1. The van der Waals surface area contributed by atoms with Gasteiger partial charge in [0.25, 0.3) is 5.91 Å². The first-order chi connectivity index (χ1) is 15.0. The Hall–Kier alpha value is -3.31. The first-order valence-electron chi connectivity index (χ1n) is 10.5. The normalized spacial score (nSPS) is 12.6. The maximum atomic E-state index is 12.8. The van der Waals surface area contributed by atoms with Gasteiger partial charge in [-0.3, -0.25) is 4.79 Å². The standard InChI is InChI=1S/C26H30N2O3/c1-18-10-12-21(13-11-18)26(20-8-6-5-7-9-20)27-17-25(29)28-19(2)23-16-22(30-3)14-15-24(23)31-4/h5-16,19,26-27H,17H2,1-4H3,(H,28,29)/p+1/t19-,26+/m0/s1. The van der Waals surface area contributed by atoms with E-state index in [0.717, 1.165) is 17.1 Å². The Labute approximate surface area is 184 Å². The third-order valence-electron chi connectivity index (χ3n) is 5.41. The number of carbonyl (C=O) groups excluding carboxylic acids is 1. The number of amides is 1. The van der Waals surface area contributed by atoms with Crippen LogP contribution in [0.1, 0.15) is 41.3 Å². The molecule has 3 aromatic rings. The number of benzene rings is 3. The van der Waals surface area contributed by atoms with Crippen LogP contribution in [0.15, 0.2) is 72.8 Å². The molecule has 0 aliphatic heterocycles. The van der Waals surface area contributed by atoms with Crippen molar-refractivity contribution in [2.24, 2.45) is 0 Å². The largest absolute Gasteiger partial charge is 0.497 e. The van der Waals surface area contributed by atoms with Crippen molar-refractivity contribution < 1.29 is 19.6 Å². The molecule has 0 unspecified atom stereocenters. The van der Waals surface area contributed by atoms with Gasteiger partial charge in [-0.15, -0.1) is 0 Å². The van der Waals surface area contributed by atoms with E-state index in [-0.39, 0.29) is 18.0 Å². The molecule has 31 heavy (non-hydrogen) atoms. The van der Waals surface area contributed by atoms with Crippen LogP contribution in [0, 0.1) is 6.92 Å². The van der Waals surface area contributed by atoms with Crippen molar-refractivity contribution in [3.8, 4) is 11.5 Å². The summed E-state index contributed by atoms with van der Waals surface area (Å²) in [5.74, 6) is 1.41. The summed E-state index contributed by atoms with van der Waals surface area (Å²) in [6, 6.07) is 24.2. The van der Waals surface area contributed by atoms with Gasteiger partial charge in [0, 0.05) is 16.7 Å². The molecular weight excluding hydrogens is 388 g/mol. The number of aryl methyl sites for hydroxylation is 1. The van der Waals surface area contributed by atoms with E-state index in [1.807, 2.05) is 43.3 Å². The van der Waals surface area contributed by atoms with Gasteiger partial charge in [0.1, 0.15) is 17.5 Å². The quantitative estimate of drug-likeness (QED) is 0.558. The van der Waals surface area contributed by atoms with Gasteiger partial charge in [-0.05, 0) is 32.0 Å². The van der Waals surface area contributed by atoms with Crippen molar-refractivity contribution in [2.45, 2.75) is 25.9 Å². The number of nitrogens with one attached hydrogen (secondary N) is 1. The van der Waals surface area contributed by atoms with Crippen LogP contribution < -0.4 is 20.1 Å². The van der Waals surface area contributed by atoms with Gasteiger partial charge in [-0.2, -0.15) is 0 Å². The molecule has 0 spiro atoms. The zero-order valence-electron chi connectivity index (χ0n) is 18.6. The second-order valence-electron chi connectivity index (χ2n) is 7.64.